The molecule has 0 saturated heterocycles. The topological polar surface area (TPSA) is 127 Å². The molecule has 2 N–H and O–H groups in total. The lowest BCUT2D eigenvalue weighted by molar-refractivity contribution is -0.132. The van der Waals surface area contributed by atoms with Gasteiger partial charge in [-0.3, -0.25) is 10.0 Å². The molecule has 2 atom stereocenters. The molecule has 10 heteroatoms. The highest BCUT2D eigenvalue weighted by Gasteiger charge is 2.41. The number of rotatable bonds is 13. The van der Waals surface area contributed by atoms with Gasteiger partial charge in [0.15, 0.2) is 19.7 Å². The lowest BCUT2D eigenvalue weighted by Gasteiger charge is -2.26. The molecule has 8 nitrogen and oxygen atoms in total. The molecule has 198 valence electrons. The summed E-state index contributed by atoms with van der Waals surface area (Å²) >= 11 is 0. The van der Waals surface area contributed by atoms with Crippen LogP contribution in [0.25, 0.3) is 0 Å². The van der Waals surface area contributed by atoms with Gasteiger partial charge in [-0.2, -0.15) is 0 Å². The van der Waals surface area contributed by atoms with E-state index >= 15 is 0 Å². The van der Waals surface area contributed by atoms with E-state index < -0.39 is 42.5 Å². The van der Waals surface area contributed by atoms with E-state index in [2.05, 4.69) is 0 Å². The maximum absolute atomic E-state index is 13.8. The van der Waals surface area contributed by atoms with Crippen LogP contribution in [0.5, 0.6) is 5.75 Å². The standard InChI is InChI=1S/C27H31NO7S2/c1-35-22-16-18-24(19-17-22)37(33,34)26(15-9-8-12-21-10-4-2-5-11-21)25(27(29)28-30)20-36(31,32)23-13-6-3-7-14-23/h2-7,10-11,13-14,16-19,25-26,30H,8-9,12,15,20H2,1H3,(H,28,29)/t25-,26-/m1/s1. The molecule has 0 radical (unpaired) electrons. The van der Waals surface area contributed by atoms with Crippen molar-refractivity contribution < 1.29 is 31.6 Å². The Morgan fingerprint density at radius 1 is 0.838 bits per heavy atom. The van der Waals surface area contributed by atoms with Crippen LogP contribution < -0.4 is 10.2 Å². The number of ether oxygens (including phenoxy) is 1. The molecule has 0 aromatic heterocycles. The summed E-state index contributed by atoms with van der Waals surface area (Å²) in [7, 11) is -6.76. The molecule has 0 aliphatic carbocycles. The summed E-state index contributed by atoms with van der Waals surface area (Å²) in [5, 5.41) is 8.05. The number of sulfone groups is 2. The second-order valence-corrected chi connectivity index (χ2v) is 12.9. The van der Waals surface area contributed by atoms with Crippen LogP contribution >= 0.6 is 0 Å². The molecule has 0 aliphatic heterocycles. The van der Waals surface area contributed by atoms with Crippen LogP contribution in [0.1, 0.15) is 24.8 Å². The van der Waals surface area contributed by atoms with E-state index in [-0.39, 0.29) is 16.2 Å². The van der Waals surface area contributed by atoms with Gasteiger partial charge in [0, 0.05) is 0 Å². The minimum absolute atomic E-state index is 0.0313. The molecule has 0 unspecified atom stereocenters. The Bertz CT molecular complexity index is 1360. The van der Waals surface area contributed by atoms with Crippen molar-refractivity contribution in [3.8, 4) is 5.75 Å². The molecular weight excluding hydrogens is 514 g/mol. The summed E-state index contributed by atoms with van der Waals surface area (Å²) in [5.74, 6) is -2.93. The third-order valence-electron chi connectivity index (χ3n) is 6.23. The number of benzene rings is 3. The van der Waals surface area contributed by atoms with E-state index in [0.717, 1.165) is 5.56 Å². The maximum atomic E-state index is 13.8. The second kappa shape index (κ2) is 12.8. The first kappa shape index (κ1) is 28.4. The fourth-order valence-electron chi connectivity index (χ4n) is 4.23. The Balaban J connectivity index is 1.95. The van der Waals surface area contributed by atoms with Gasteiger partial charge >= 0.3 is 0 Å². The van der Waals surface area contributed by atoms with Crippen LogP contribution in [0.4, 0.5) is 0 Å². The number of nitrogens with one attached hydrogen (secondary N) is 1. The molecule has 1 amide bonds. The van der Waals surface area contributed by atoms with Crippen LogP contribution in [0.15, 0.2) is 94.7 Å². The van der Waals surface area contributed by atoms with Crippen molar-refractivity contribution in [2.45, 2.75) is 40.7 Å². The highest BCUT2D eigenvalue weighted by atomic mass is 32.2. The van der Waals surface area contributed by atoms with Crippen molar-refractivity contribution in [1.82, 2.24) is 5.48 Å². The van der Waals surface area contributed by atoms with Crippen molar-refractivity contribution in [3.05, 3.63) is 90.5 Å². The number of methoxy groups -OCH3 is 1. The van der Waals surface area contributed by atoms with Crippen molar-refractivity contribution in [2.75, 3.05) is 12.9 Å². The Morgan fingerprint density at radius 2 is 1.43 bits per heavy atom. The molecule has 0 aliphatic rings. The van der Waals surface area contributed by atoms with Gasteiger partial charge in [0.05, 0.1) is 33.8 Å². The summed E-state index contributed by atoms with van der Waals surface area (Å²) < 4.78 is 59.0. The zero-order chi connectivity index (χ0) is 26.9. The number of carbonyl (C=O) groups excluding carboxylic acids is 1. The highest BCUT2D eigenvalue weighted by molar-refractivity contribution is 7.92. The van der Waals surface area contributed by atoms with E-state index in [1.807, 2.05) is 30.3 Å². The minimum Gasteiger partial charge on any atom is -0.497 e. The number of hydrogen-bond acceptors (Lipinski definition) is 7. The number of aryl methyl sites for hydroxylation is 1. The fraction of sp³-hybridized carbons (Fsp3) is 0.296. The van der Waals surface area contributed by atoms with E-state index in [0.29, 0.717) is 25.0 Å². The van der Waals surface area contributed by atoms with Crippen LogP contribution in [0, 0.1) is 5.92 Å². The molecule has 3 aromatic rings. The Labute approximate surface area is 218 Å². The summed E-state index contributed by atoms with van der Waals surface area (Å²) in [6.07, 6.45) is 1.80. The molecule has 0 bridgehead atoms. The highest BCUT2D eigenvalue weighted by Crippen LogP contribution is 2.30. The van der Waals surface area contributed by atoms with Gasteiger partial charge in [-0.1, -0.05) is 55.0 Å². The molecule has 0 saturated carbocycles. The van der Waals surface area contributed by atoms with Crippen molar-refractivity contribution in [2.24, 2.45) is 5.92 Å². The Morgan fingerprint density at radius 3 is 2.00 bits per heavy atom. The number of hydroxylamine groups is 1. The maximum Gasteiger partial charge on any atom is 0.248 e. The number of hydrogen-bond donors (Lipinski definition) is 2. The molecular formula is C27H31NO7S2. The van der Waals surface area contributed by atoms with Crippen LogP contribution in [0.2, 0.25) is 0 Å². The molecule has 37 heavy (non-hydrogen) atoms. The predicted molar refractivity (Wildman–Crippen MR) is 140 cm³/mol. The first-order valence-electron chi connectivity index (χ1n) is 11.8. The quantitative estimate of drug-likeness (QED) is 0.190. The number of unbranched alkanes of at least 4 members (excludes halogenated alkanes) is 1. The summed E-state index contributed by atoms with van der Waals surface area (Å²) in [4.78, 5) is 12.7. The smallest absolute Gasteiger partial charge is 0.248 e. The van der Waals surface area contributed by atoms with E-state index in [4.69, 9.17) is 4.74 Å². The lowest BCUT2D eigenvalue weighted by Crippen LogP contribution is -2.44. The molecule has 3 rings (SSSR count). The van der Waals surface area contributed by atoms with Gasteiger partial charge in [-0.05, 0) is 61.2 Å². The zero-order valence-electron chi connectivity index (χ0n) is 20.5. The average Bonchev–Trinajstić information content (AvgIpc) is 2.92. The van der Waals surface area contributed by atoms with Crippen LogP contribution in [-0.4, -0.2) is 46.1 Å². The Hall–Kier alpha value is -3.21. The summed E-state index contributed by atoms with van der Waals surface area (Å²) in [6.45, 7) is 0. The first-order valence-corrected chi connectivity index (χ1v) is 15.0. The normalized spacial score (nSPS) is 13.5. The molecule has 0 fully saturated rings. The van der Waals surface area contributed by atoms with Crippen LogP contribution in [-0.2, 0) is 30.9 Å². The fourth-order valence-corrected chi connectivity index (χ4v) is 7.96. The van der Waals surface area contributed by atoms with Crippen molar-refractivity contribution in [3.63, 3.8) is 0 Å². The second-order valence-electron chi connectivity index (χ2n) is 8.67. The molecule has 0 spiro atoms. The Kier molecular flexibility index (Phi) is 9.85. The van der Waals surface area contributed by atoms with E-state index in [9.17, 15) is 26.8 Å². The number of carbonyl (C=O) groups is 1. The first-order chi connectivity index (χ1) is 17.7. The van der Waals surface area contributed by atoms with E-state index in [1.165, 1.54) is 49.0 Å². The summed E-state index contributed by atoms with van der Waals surface area (Å²) in [6, 6.07) is 22.9. The van der Waals surface area contributed by atoms with Gasteiger partial charge in [0.25, 0.3) is 0 Å². The van der Waals surface area contributed by atoms with Gasteiger partial charge in [-0.25, -0.2) is 22.3 Å². The van der Waals surface area contributed by atoms with E-state index in [1.54, 1.807) is 18.2 Å². The largest absolute Gasteiger partial charge is 0.497 e. The van der Waals surface area contributed by atoms with Crippen molar-refractivity contribution in [1.29, 1.82) is 0 Å². The SMILES string of the molecule is COc1ccc(S(=O)(=O)[C@H](CCCCc2ccccc2)[C@@H](CS(=O)(=O)c2ccccc2)C(=O)NO)cc1. The van der Waals surface area contributed by atoms with Gasteiger partial charge in [0.1, 0.15) is 5.75 Å². The van der Waals surface area contributed by atoms with Crippen LogP contribution in [0.3, 0.4) is 0 Å². The molecule has 3 aromatic carbocycles. The monoisotopic (exact) mass is 545 g/mol. The van der Waals surface area contributed by atoms with Gasteiger partial charge in [-0.15, -0.1) is 0 Å². The van der Waals surface area contributed by atoms with Crippen molar-refractivity contribution >= 4 is 25.6 Å². The van der Waals surface area contributed by atoms with Gasteiger partial charge < -0.3 is 4.74 Å². The van der Waals surface area contributed by atoms with Gasteiger partial charge in [0.2, 0.25) is 5.91 Å². The summed E-state index contributed by atoms with van der Waals surface area (Å²) in [5.41, 5.74) is 2.58. The third-order valence-corrected chi connectivity index (χ3v) is 10.3. The minimum atomic E-state index is -4.17. The lowest BCUT2D eigenvalue weighted by atomic mass is 9.99. The molecule has 0 heterocycles. The predicted octanol–water partition coefficient (Wildman–Crippen LogP) is 3.85. The zero-order valence-corrected chi connectivity index (χ0v) is 22.1. The number of amides is 1. The third kappa shape index (κ3) is 7.41. The average molecular weight is 546 g/mol.